The van der Waals surface area contributed by atoms with Crippen LogP contribution in [0.2, 0.25) is 0 Å². The third-order valence-corrected chi connectivity index (χ3v) is 3.11. The molecule has 0 spiro atoms. The first kappa shape index (κ1) is 9.09. The Bertz CT molecular complexity index is 90.2. The normalized spacial score (nSPS) is 22.4. The summed E-state index contributed by atoms with van der Waals surface area (Å²) in [6.45, 7) is 6.31. The van der Waals surface area contributed by atoms with Crippen LogP contribution in [0.15, 0.2) is 0 Å². The van der Waals surface area contributed by atoms with E-state index in [1.54, 1.807) is 0 Å². The summed E-state index contributed by atoms with van der Waals surface area (Å²) in [5.41, 5.74) is 0. The SMILES string of the molecule is [CH2]CCCC(C)C1CCCC1. The second kappa shape index (κ2) is 4.79. The fraction of sp³-hybridized carbons (Fsp3) is 0.909. The maximum atomic E-state index is 3.88. The first-order chi connectivity index (χ1) is 5.34. The lowest BCUT2D eigenvalue weighted by Gasteiger charge is -2.17. The fourth-order valence-corrected chi connectivity index (χ4v) is 2.23. The van der Waals surface area contributed by atoms with Crippen molar-refractivity contribution in [2.75, 3.05) is 0 Å². The third-order valence-electron chi connectivity index (χ3n) is 3.11. The Morgan fingerprint density at radius 2 is 2.00 bits per heavy atom. The van der Waals surface area contributed by atoms with Gasteiger partial charge in [0.25, 0.3) is 0 Å². The van der Waals surface area contributed by atoms with Crippen molar-refractivity contribution in [1.82, 2.24) is 0 Å². The molecule has 65 valence electrons. The lowest BCUT2D eigenvalue weighted by Crippen LogP contribution is -2.06. The van der Waals surface area contributed by atoms with Gasteiger partial charge in [-0.1, -0.05) is 58.8 Å². The number of rotatable bonds is 4. The molecule has 0 amide bonds. The summed E-state index contributed by atoms with van der Waals surface area (Å²) < 4.78 is 0. The predicted octanol–water partition coefficient (Wildman–Crippen LogP) is 3.82. The zero-order chi connectivity index (χ0) is 8.10. The van der Waals surface area contributed by atoms with E-state index in [4.69, 9.17) is 0 Å². The van der Waals surface area contributed by atoms with Gasteiger partial charge in [-0.15, -0.1) is 0 Å². The minimum absolute atomic E-state index is 0.972. The van der Waals surface area contributed by atoms with Crippen LogP contribution < -0.4 is 0 Å². The van der Waals surface area contributed by atoms with Gasteiger partial charge in [-0.2, -0.15) is 0 Å². The molecule has 1 saturated carbocycles. The van der Waals surface area contributed by atoms with Crippen molar-refractivity contribution in [2.24, 2.45) is 11.8 Å². The summed E-state index contributed by atoms with van der Waals surface area (Å²) in [6.07, 6.45) is 9.83. The standard InChI is InChI=1S/C11H21/c1-3-4-7-10(2)11-8-5-6-9-11/h10-11H,1,3-9H2,2H3. The van der Waals surface area contributed by atoms with Gasteiger partial charge in [0.15, 0.2) is 0 Å². The van der Waals surface area contributed by atoms with Gasteiger partial charge in [-0.25, -0.2) is 0 Å². The first-order valence-corrected chi connectivity index (χ1v) is 5.14. The zero-order valence-corrected chi connectivity index (χ0v) is 7.81. The van der Waals surface area contributed by atoms with Crippen molar-refractivity contribution in [1.29, 1.82) is 0 Å². The van der Waals surface area contributed by atoms with Gasteiger partial charge in [-0.3, -0.25) is 0 Å². The molecule has 0 aliphatic heterocycles. The van der Waals surface area contributed by atoms with Crippen molar-refractivity contribution in [3.05, 3.63) is 6.92 Å². The van der Waals surface area contributed by atoms with E-state index < -0.39 is 0 Å². The van der Waals surface area contributed by atoms with E-state index in [1.165, 1.54) is 38.5 Å². The van der Waals surface area contributed by atoms with E-state index in [9.17, 15) is 0 Å². The molecule has 11 heavy (non-hydrogen) atoms. The first-order valence-electron chi connectivity index (χ1n) is 5.14. The van der Waals surface area contributed by atoms with Gasteiger partial charge in [0, 0.05) is 0 Å². The molecule has 0 aromatic rings. The minimum atomic E-state index is 0.972. The Morgan fingerprint density at radius 3 is 2.55 bits per heavy atom. The maximum absolute atomic E-state index is 3.88. The lowest BCUT2D eigenvalue weighted by molar-refractivity contribution is 0.339. The van der Waals surface area contributed by atoms with E-state index in [2.05, 4.69) is 13.8 Å². The zero-order valence-electron chi connectivity index (χ0n) is 7.81. The van der Waals surface area contributed by atoms with E-state index in [1.807, 2.05) is 0 Å². The lowest BCUT2D eigenvalue weighted by atomic mass is 9.88. The average Bonchev–Trinajstić information content (AvgIpc) is 2.52. The van der Waals surface area contributed by atoms with Crippen LogP contribution in [0.3, 0.4) is 0 Å². The Morgan fingerprint density at radius 1 is 1.36 bits per heavy atom. The minimum Gasteiger partial charge on any atom is -0.0622 e. The average molecular weight is 153 g/mol. The molecule has 0 aromatic carbocycles. The van der Waals surface area contributed by atoms with Crippen LogP contribution in [-0.4, -0.2) is 0 Å². The van der Waals surface area contributed by atoms with Gasteiger partial charge < -0.3 is 0 Å². The highest BCUT2D eigenvalue weighted by atomic mass is 14.3. The van der Waals surface area contributed by atoms with Crippen LogP contribution in [0.4, 0.5) is 0 Å². The van der Waals surface area contributed by atoms with E-state index >= 15 is 0 Å². The van der Waals surface area contributed by atoms with Crippen molar-refractivity contribution in [3.63, 3.8) is 0 Å². The molecule has 0 nitrogen and oxygen atoms in total. The molecular weight excluding hydrogens is 132 g/mol. The molecule has 1 aliphatic rings. The van der Waals surface area contributed by atoms with Crippen molar-refractivity contribution in [3.8, 4) is 0 Å². The molecule has 1 atom stereocenters. The quantitative estimate of drug-likeness (QED) is 0.576. The summed E-state index contributed by atoms with van der Waals surface area (Å²) >= 11 is 0. The number of unbranched alkanes of at least 4 members (excludes halogenated alkanes) is 1. The highest BCUT2D eigenvalue weighted by Gasteiger charge is 2.20. The van der Waals surface area contributed by atoms with Crippen LogP contribution in [0.1, 0.15) is 51.9 Å². The van der Waals surface area contributed by atoms with E-state index in [0.717, 1.165) is 18.3 Å². The van der Waals surface area contributed by atoms with Crippen LogP contribution >= 0.6 is 0 Å². The molecule has 0 bridgehead atoms. The van der Waals surface area contributed by atoms with E-state index in [-0.39, 0.29) is 0 Å². The van der Waals surface area contributed by atoms with Crippen molar-refractivity contribution >= 4 is 0 Å². The van der Waals surface area contributed by atoms with Gasteiger partial charge in [0.1, 0.15) is 0 Å². The highest BCUT2D eigenvalue weighted by Crippen LogP contribution is 2.33. The summed E-state index contributed by atoms with van der Waals surface area (Å²) in [5.74, 6) is 2.03. The molecule has 0 heterocycles. The molecule has 0 N–H and O–H groups in total. The van der Waals surface area contributed by atoms with Crippen LogP contribution in [0.5, 0.6) is 0 Å². The molecule has 1 rings (SSSR count). The predicted molar refractivity (Wildman–Crippen MR) is 50.3 cm³/mol. The molecule has 1 unspecified atom stereocenters. The molecule has 0 saturated heterocycles. The second-order valence-corrected chi connectivity index (χ2v) is 4.02. The molecule has 1 aliphatic carbocycles. The third kappa shape index (κ3) is 2.84. The summed E-state index contributed by atoms with van der Waals surface area (Å²) in [4.78, 5) is 0. The van der Waals surface area contributed by atoms with Gasteiger partial charge >= 0.3 is 0 Å². The summed E-state index contributed by atoms with van der Waals surface area (Å²) in [5, 5.41) is 0. The highest BCUT2D eigenvalue weighted by molar-refractivity contribution is 4.72. The number of hydrogen-bond donors (Lipinski definition) is 0. The molecule has 1 radical (unpaired) electrons. The molecular formula is C11H21. The molecule has 1 fully saturated rings. The summed E-state index contributed by atoms with van der Waals surface area (Å²) in [7, 11) is 0. The Labute approximate surface area is 71.4 Å². The van der Waals surface area contributed by atoms with E-state index in [0.29, 0.717) is 0 Å². The van der Waals surface area contributed by atoms with Crippen LogP contribution in [-0.2, 0) is 0 Å². The van der Waals surface area contributed by atoms with Crippen molar-refractivity contribution < 1.29 is 0 Å². The molecule has 0 aromatic heterocycles. The van der Waals surface area contributed by atoms with Crippen LogP contribution in [0.25, 0.3) is 0 Å². The number of hydrogen-bond acceptors (Lipinski definition) is 0. The monoisotopic (exact) mass is 153 g/mol. The Hall–Kier alpha value is 0. The van der Waals surface area contributed by atoms with Crippen LogP contribution in [0, 0.1) is 18.8 Å². The van der Waals surface area contributed by atoms with Gasteiger partial charge in [0.2, 0.25) is 0 Å². The topological polar surface area (TPSA) is 0 Å². The fourth-order valence-electron chi connectivity index (χ4n) is 2.23. The Balaban J connectivity index is 2.12. The Kier molecular flexibility index (Phi) is 3.96. The summed E-state index contributed by atoms with van der Waals surface area (Å²) in [6, 6.07) is 0. The molecule has 0 heteroatoms. The van der Waals surface area contributed by atoms with Gasteiger partial charge in [0.05, 0.1) is 0 Å². The van der Waals surface area contributed by atoms with Gasteiger partial charge in [-0.05, 0) is 11.8 Å². The smallest absolute Gasteiger partial charge is 0.0388 e. The second-order valence-electron chi connectivity index (χ2n) is 4.02. The maximum Gasteiger partial charge on any atom is -0.0388 e. The van der Waals surface area contributed by atoms with Crippen molar-refractivity contribution in [2.45, 2.75) is 51.9 Å². The largest absolute Gasteiger partial charge is 0.0622 e.